The molecule has 1 aromatic heterocycles. The summed E-state index contributed by atoms with van der Waals surface area (Å²) in [6.45, 7) is 6.29. The molecule has 0 fully saturated rings. The summed E-state index contributed by atoms with van der Waals surface area (Å²) in [5.41, 5.74) is 2.56. The van der Waals surface area contributed by atoms with Crippen molar-refractivity contribution in [3.63, 3.8) is 0 Å². The Labute approximate surface area is 135 Å². The highest BCUT2D eigenvalue weighted by molar-refractivity contribution is 5.96. The molecule has 2 amide bonds. The minimum Gasteiger partial charge on any atom is -0.347 e. The molecule has 1 aromatic carbocycles. The molecule has 118 valence electrons. The maximum Gasteiger partial charge on any atom is 0.270 e. The van der Waals surface area contributed by atoms with Gasteiger partial charge in [0.25, 0.3) is 11.8 Å². The van der Waals surface area contributed by atoms with E-state index in [0.717, 1.165) is 11.1 Å². The van der Waals surface area contributed by atoms with E-state index >= 15 is 0 Å². The number of nitrogens with zero attached hydrogens (tertiary/aromatic N) is 1. The highest BCUT2D eigenvalue weighted by Crippen LogP contribution is 2.05. The van der Waals surface area contributed by atoms with Gasteiger partial charge in [-0.15, -0.1) is 6.58 Å². The molecular formula is C18H19N3O2. The minimum absolute atomic E-state index is 0.204. The first-order chi connectivity index (χ1) is 11.1. The molecule has 2 rings (SSSR count). The maximum atomic E-state index is 12.2. The number of pyridine rings is 1. The van der Waals surface area contributed by atoms with Gasteiger partial charge >= 0.3 is 0 Å². The molecule has 0 atom stereocenters. The second-order valence-corrected chi connectivity index (χ2v) is 5.08. The summed E-state index contributed by atoms with van der Waals surface area (Å²) >= 11 is 0. The Balaban J connectivity index is 2.02. The topological polar surface area (TPSA) is 71.1 Å². The molecule has 0 bridgehead atoms. The van der Waals surface area contributed by atoms with Crippen molar-refractivity contribution in [3.05, 3.63) is 77.6 Å². The Morgan fingerprint density at radius 3 is 2.39 bits per heavy atom. The first-order valence-electron chi connectivity index (χ1n) is 7.30. The standard InChI is InChI=1S/C18H19N3O2/c1-3-10-19-17(22)15-8-5-9-16(21-15)18(23)20-12-14-7-4-6-13(2)11-14/h3-9,11H,1,10,12H2,2H3,(H,19,22)(H,20,23). The number of hydrogen-bond acceptors (Lipinski definition) is 3. The van der Waals surface area contributed by atoms with E-state index in [1.807, 2.05) is 31.2 Å². The van der Waals surface area contributed by atoms with Crippen LogP contribution in [0.15, 0.2) is 55.1 Å². The van der Waals surface area contributed by atoms with Gasteiger partial charge in [0.2, 0.25) is 0 Å². The lowest BCUT2D eigenvalue weighted by atomic mass is 10.1. The van der Waals surface area contributed by atoms with Crippen molar-refractivity contribution in [1.82, 2.24) is 15.6 Å². The van der Waals surface area contributed by atoms with E-state index in [4.69, 9.17) is 0 Å². The zero-order chi connectivity index (χ0) is 16.7. The Morgan fingerprint density at radius 2 is 1.74 bits per heavy atom. The lowest BCUT2D eigenvalue weighted by Crippen LogP contribution is -2.27. The molecule has 0 saturated carbocycles. The van der Waals surface area contributed by atoms with Crippen LogP contribution in [-0.4, -0.2) is 23.3 Å². The molecule has 1 heterocycles. The van der Waals surface area contributed by atoms with Crippen LogP contribution in [-0.2, 0) is 6.54 Å². The Kier molecular flexibility index (Phi) is 5.63. The molecule has 0 unspecified atom stereocenters. The first kappa shape index (κ1) is 16.4. The zero-order valence-corrected chi connectivity index (χ0v) is 13.0. The van der Waals surface area contributed by atoms with Crippen molar-refractivity contribution in [2.45, 2.75) is 13.5 Å². The third-order valence-corrected chi connectivity index (χ3v) is 3.16. The third-order valence-electron chi connectivity index (χ3n) is 3.16. The van der Waals surface area contributed by atoms with Gasteiger partial charge in [-0.05, 0) is 24.6 Å². The van der Waals surface area contributed by atoms with Gasteiger partial charge in [-0.25, -0.2) is 4.98 Å². The summed E-state index contributed by atoms with van der Waals surface area (Å²) in [5.74, 6) is -0.650. The highest BCUT2D eigenvalue weighted by Gasteiger charge is 2.11. The summed E-state index contributed by atoms with van der Waals surface area (Å²) in [6, 6.07) is 12.7. The van der Waals surface area contributed by atoms with Crippen LogP contribution >= 0.6 is 0 Å². The van der Waals surface area contributed by atoms with E-state index in [-0.39, 0.29) is 23.2 Å². The number of aromatic nitrogens is 1. The van der Waals surface area contributed by atoms with Crippen LogP contribution < -0.4 is 10.6 Å². The van der Waals surface area contributed by atoms with Gasteiger partial charge in [-0.2, -0.15) is 0 Å². The molecule has 0 saturated heterocycles. The fourth-order valence-electron chi connectivity index (χ4n) is 2.04. The largest absolute Gasteiger partial charge is 0.347 e. The lowest BCUT2D eigenvalue weighted by Gasteiger charge is -2.07. The van der Waals surface area contributed by atoms with Crippen LogP contribution in [0.5, 0.6) is 0 Å². The van der Waals surface area contributed by atoms with Crippen molar-refractivity contribution in [3.8, 4) is 0 Å². The predicted octanol–water partition coefficient (Wildman–Crippen LogP) is 2.24. The van der Waals surface area contributed by atoms with Crippen LogP contribution in [0.25, 0.3) is 0 Å². The molecule has 5 nitrogen and oxygen atoms in total. The minimum atomic E-state index is -0.335. The smallest absolute Gasteiger partial charge is 0.270 e. The maximum absolute atomic E-state index is 12.2. The average Bonchev–Trinajstić information content (AvgIpc) is 2.57. The van der Waals surface area contributed by atoms with Crippen LogP contribution in [0.3, 0.4) is 0 Å². The number of carbonyl (C=O) groups is 2. The van der Waals surface area contributed by atoms with Crippen molar-refractivity contribution >= 4 is 11.8 Å². The molecule has 2 aromatic rings. The number of nitrogens with one attached hydrogen (secondary N) is 2. The molecule has 23 heavy (non-hydrogen) atoms. The Hall–Kier alpha value is -2.95. The van der Waals surface area contributed by atoms with Gasteiger partial charge in [0, 0.05) is 13.1 Å². The second-order valence-electron chi connectivity index (χ2n) is 5.08. The average molecular weight is 309 g/mol. The van der Waals surface area contributed by atoms with E-state index in [0.29, 0.717) is 13.1 Å². The van der Waals surface area contributed by atoms with Crippen LogP contribution in [0.2, 0.25) is 0 Å². The summed E-state index contributed by atoms with van der Waals surface area (Å²) in [5, 5.41) is 5.43. The van der Waals surface area contributed by atoms with Crippen LogP contribution in [0.1, 0.15) is 32.1 Å². The number of rotatable bonds is 6. The molecule has 5 heteroatoms. The number of hydrogen-bond donors (Lipinski definition) is 2. The highest BCUT2D eigenvalue weighted by atomic mass is 16.2. The number of benzene rings is 1. The number of aryl methyl sites for hydroxylation is 1. The quantitative estimate of drug-likeness (QED) is 0.804. The lowest BCUT2D eigenvalue weighted by molar-refractivity contribution is 0.0944. The fourth-order valence-corrected chi connectivity index (χ4v) is 2.04. The molecule has 0 radical (unpaired) electrons. The van der Waals surface area contributed by atoms with Gasteiger partial charge < -0.3 is 10.6 Å². The van der Waals surface area contributed by atoms with Crippen molar-refractivity contribution in [2.24, 2.45) is 0 Å². The van der Waals surface area contributed by atoms with E-state index in [1.54, 1.807) is 24.3 Å². The fraction of sp³-hybridized carbons (Fsp3) is 0.167. The van der Waals surface area contributed by atoms with Gasteiger partial charge in [0.15, 0.2) is 0 Å². The second kappa shape index (κ2) is 7.89. The SMILES string of the molecule is C=CCNC(=O)c1cccc(C(=O)NCc2cccc(C)c2)n1. The first-order valence-corrected chi connectivity index (χ1v) is 7.30. The molecule has 0 aliphatic heterocycles. The molecule has 0 spiro atoms. The Bertz CT molecular complexity index is 726. The normalized spacial score (nSPS) is 9.96. The molecule has 0 aliphatic rings. The van der Waals surface area contributed by atoms with E-state index < -0.39 is 0 Å². The van der Waals surface area contributed by atoms with Crippen LogP contribution in [0, 0.1) is 6.92 Å². The Morgan fingerprint density at radius 1 is 1.09 bits per heavy atom. The third kappa shape index (κ3) is 4.78. The predicted molar refractivity (Wildman–Crippen MR) is 89.1 cm³/mol. The molecular weight excluding hydrogens is 290 g/mol. The molecule has 2 N–H and O–H groups in total. The summed E-state index contributed by atoms with van der Waals surface area (Å²) in [4.78, 5) is 28.1. The van der Waals surface area contributed by atoms with E-state index in [9.17, 15) is 9.59 Å². The van der Waals surface area contributed by atoms with Gasteiger partial charge in [0.05, 0.1) is 0 Å². The van der Waals surface area contributed by atoms with Gasteiger partial charge in [0.1, 0.15) is 11.4 Å². The summed E-state index contributed by atoms with van der Waals surface area (Å²) in [6.07, 6.45) is 1.58. The number of amides is 2. The van der Waals surface area contributed by atoms with Gasteiger partial charge in [-0.3, -0.25) is 9.59 Å². The van der Waals surface area contributed by atoms with E-state index in [2.05, 4.69) is 22.2 Å². The zero-order valence-electron chi connectivity index (χ0n) is 13.0. The summed E-state index contributed by atoms with van der Waals surface area (Å²) in [7, 11) is 0. The monoisotopic (exact) mass is 309 g/mol. The van der Waals surface area contributed by atoms with Crippen LogP contribution in [0.4, 0.5) is 0 Å². The van der Waals surface area contributed by atoms with E-state index in [1.165, 1.54) is 0 Å². The summed E-state index contributed by atoms with van der Waals surface area (Å²) < 4.78 is 0. The number of carbonyl (C=O) groups excluding carboxylic acids is 2. The van der Waals surface area contributed by atoms with Gasteiger partial charge in [-0.1, -0.05) is 42.0 Å². The molecule has 0 aliphatic carbocycles. The van der Waals surface area contributed by atoms with Crippen molar-refractivity contribution < 1.29 is 9.59 Å². The van der Waals surface area contributed by atoms with Crippen molar-refractivity contribution in [2.75, 3.05) is 6.54 Å². The van der Waals surface area contributed by atoms with Crippen molar-refractivity contribution in [1.29, 1.82) is 0 Å².